The third-order valence-corrected chi connectivity index (χ3v) is 5.83. The van der Waals surface area contributed by atoms with Gasteiger partial charge in [0.15, 0.2) is 0 Å². The molecule has 2 aromatic carbocycles. The van der Waals surface area contributed by atoms with E-state index in [1.165, 1.54) is 0 Å². The quantitative estimate of drug-likeness (QED) is 0.242. The molecule has 1 heterocycles. The van der Waals surface area contributed by atoms with Crippen LogP contribution in [0.3, 0.4) is 0 Å². The first-order valence-corrected chi connectivity index (χ1v) is 12.4. The van der Waals surface area contributed by atoms with Crippen molar-refractivity contribution in [1.82, 2.24) is 4.90 Å². The van der Waals surface area contributed by atoms with Crippen LogP contribution in [0.1, 0.15) is 81.4 Å². The summed E-state index contributed by atoms with van der Waals surface area (Å²) in [5.74, 6) is 0.528. The Balaban J connectivity index is 2.12. The lowest BCUT2D eigenvalue weighted by molar-refractivity contribution is 0.0203. The number of benzene rings is 2. The standard InChI is InChI=1S/C28H37NO6/c1-7-17-32-25-19(3)24(26(30)33-20-13-10-9-11-14-20)23(34-27(31)35-28(4,5)6)18-21(25)22-15-12-16-29(22)8-2/h9-11,13-14,18,22H,7-8,12,15-17H2,1-6H3/t22-/m0/s1. The maximum absolute atomic E-state index is 13.4. The monoisotopic (exact) mass is 483 g/mol. The van der Waals surface area contributed by atoms with Crippen molar-refractivity contribution in [2.45, 2.75) is 72.4 Å². The van der Waals surface area contributed by atoms with E-state index in [0.717, 1.165) is 37.9 Å². The van der Waals surface area contributed by atoms with Crippen LogP contribution in [0.2, 0.25) is 0 Å². The molecule has 0 N–H and O–H groups in total. The van der Waals surface area contributed by atoms with E-state index < -0.39 is 17.7 Å². The van der Waals surface area contributed by atoms with Crippen LogP contribution < -0.4 is 14.2 Å². The van der Waals surface area contributed by atoms with Crippen molar-refractivity contribution >= 4 is 12.1 Å². The molecule has 0 unspecified atom stereocenters. The van der Waals surface area contributed by atoms with Crippen LogP contribution in [0.25, 0.3) is 0 Å². The molecule has 2 aromatic rings. The van der Waals surface area contributed by atoms with Gasteiger partial charge in [0.2, 0.25) is 0 Å². The highest BCUT2D eigenvalue weighted by Crippen LogP contribution is 2.43. The van der Waals surface area contributed by atoms with Crippen molar-refractivity contribution in [3.63, 3.8) is 0 Å². The van der Waals surface area contributed by atoms with Crippen LogP contribution in [0, 0.1) is 6.92 Å². The minimum Gasteiger partial charge on any atom is -0.493 e. The molecule has 0 saturated carbocycles. The van der Waals surface area contributed by atoms with E-state index in [1.807, 2.05) is 19.9 Å². The Kier molecular flexibility index (Phi) is 8.78. The summed E-state index contributed by atoms with van der Waals surface area (Å²) in [5, 5.41) is 0. The van der Waals surface area contributed by atoms with E-state index >= 15 is 0 Å². The minimum absolute atomic E-state index is 0.103. The van der Waals surface area contributed by atoms with E-state index in [2.05, 4.69) is 11.8 Å². The number of ether oxygens (including phenoxy) is 4. The van der Waals surface area contributed by atoms with Gasteiger partial charge in [-0.25, -0.2) is 9.59 Å². The second-order valence-electron chi connectivity index (χ2n) is 9.70. The molecule has 3 rings (SSSR count). The van der Waals surface area contributed by atoms with E-state index in [4.69, 9.17) is 18.9 Å². The number of likely N-dealkylation sites (tertiary alicyclic amines) is 1. The van der Waals surface area contributed by atoms with Crippen molar-refractivity contribution in [2.24, 2.45) is 0 Å². The molecule has 0 bridgehead atoms. The summed E-state index contributed by atoms with van der Waals surface area (Å²) in [7, 11) is 0. The number of hydrogen-bond acceptors (Lipinski definition) is 7. The number of esters is 1. The van der Waals surface area contributed by atoms with Crippen LogP contribution >= 0.6 is 0 Å². The Morgan fingerprint density at radius 1 is 1.09 bits per heavy atom. The minimum atomic E-state index is -0.877. The molecule has 7 nitrogen and oxygen atoms in total. The summed E-state index contributed by atoms with van der Waals surface area (Å²) in [6.07, 6.45) is 1.96. The Labute approximate surface area is 208 Å². The normalized spacial score (nSPS) is 16.1. The summed E-state index contributed by atoms with van der Waals surface area (Å²) in [6, 6.07) is 10.7. The first-order valence-electron chi connectivity index (χ1n) is 12.4. The predicted molar refractivity (Wildman–Crippen MR) is 134 cm³/mol. The fourth-order valence-electron chi connectivity index (χ4n) is 4.34. The van der Waals surface area contributed by atoms with E-state index in [-0.39, 0.29) is 17.4 Å². The average Bonchev–Trinajstić information content (AvgIpc) is 3.26. The molecule has 1 fully saturated rings. The zero-order chi connectivity index (χ0) is 25.6. The zero-order valence-corrected chi connectivity index (χ0v) is 21.7. The highest BCUT2D eigenvalue weighted by atomic mass is 16.7. The van der Waals surface area contributed by atoms with Gasteiger partial charge in [0.05, 0.1) is 6.61 Å². The smallest absolute Gasteiger partial charge is 0.493 e. The number of hydrogen-bond donors (Lipinski definition) is 0. The first-order chi connectivity index (χ1) is 16.6. The number of carbonyl (C=O) groups is 2. The maximum Gasteiger partial charge on any atom is 0.514 e. The number of nitrogens with zero attached hydrogens (tertiary/aromatic N) is 1. The lowest BCUT2D eigenvalue weighted by atomic mass is 9.95. The van der Waals surface area contributed by atoms with Crippen LogP contribution in [-0.2, 0) is 4.74 Å². The Morgan fingerprint density at radius 2 is 1.80 bits per heavy atom. The highest BCUT2D eigenvalue weighted by molar-refractivity contribution is 5.97. The molecule has 1 aliphatic rings. The van der Waals surface area contributed by atoms with Crippen molar-refractivity contribution in [2.75, 3.05) is 19.7 Å². The van der Waals surface area contributed by atoms with Gasteiger partial charge >= 0.3 is 12.1 Å². The molecule has 0 spiro atoms. The molecule has 0 aliphatic carbocycles. The molecule has 1 aliphatic heterocycles. The van der Waals surface area contributed by atoms with Crippen molar-refractivity contribution in [3.8, 4) is 17.2 Å². The summed E-state index contributed by atoms with van der Waals surface area (Å²) in [6.45, 7) is 13.6. The summed E-state index contributed by atoms with van der Waals surface area (Å²) < 4.78 is 22.9. The molecular weight excluding hydrogens is 446 g/mol. The van der Waals surface area contributed by atoms with Crippen molar-refractivity contribution in [3.05, 3.63) is 53.1 Å². The van der Waals surface area contributed by atoms with Crippen LogP contribution in [0.15, 0.2) is 36.4 Å². The van der Waals surface area contributed by atoms with E-state index in [0.29, 0.717) is 23.7 Å². The van der Waals surface area contributed by atoms with Crippen molar-refractivity contribution in [1.29, 1.82) is 0 Å². The largest absolute Gasteiger partial charge is 0.514 e. The highest BCUT2D eigenvalue weighted by Gasteiger charge is 2.33. The molecule has 0 aromatic heterocycles. The number of rotatable bonds is 8. The van der Waals surface area contributed by atoms with Crippen LogP contribution in [0.5, 0.6) is 17.2 Å². The molecule has 0 radical (unpaired) electrons. The van der Waals surface area contributed by atoms with Gasteiger partial charge < -0.3 is 18.9 Å². The molecule has 7 heteroatoms. The first kappa shape index (κ1) is 26.5. The van der Waals surface area contributed by atoms with Gasteiger partial charge in [-0.05, 0) is 78.2 Å². The van der Waals surface area contributed by atoms with Crippen LogP contribution in [0.4, 0.5) is 4.79 Å². The lowest BCUT2D eigenvalue weighted by Crippen LogP contribution is -2.27. The average molecular weight is 484 g/mol. The second kappa shape index (κ2) is 11.6. The Hall–Kier alpha value is -3.06. The van der Waals surface area contributed by atoms with Gasteiger partial charge in [-0.1, -0.05) is 32.0 Å². The summed E-state index contributed by atoms with van der Waals surface area (Å²) in [5.41, 5.74) is 0.896. The lowest BCUT2D eigenvalue weighted by Gasteiger charge is -2.28. The van der Waals surface area contributed by atoms with Gasteiger partial charge in [-0.3, -0.25) is 4.90 Å². The van der Waals surface area contributed by atoms with Gasteiger partial charge in [0, 0.05) is 17.2 Å². The topological polar surface area (TPSA) is 74.3 Å². The number of carbonyl (C=O) groups excluding carboxylic acids is 2. The third kappa shape index (κ3) is 6.75. The van der Waals surface area contributed by atoms with Gasteiger partial charge in [0.1, 0.15) is 28.4 Å². The molecule has 1 atom stereocenters. The van der Waals surface area contributed by atoms with Gasteiger partial charge in [-0.15, -0.1) is 0 Å². The molecule has 1 saturated heterocycles. The summed E-state index contributed by atoms with van der Waals surface area (Å²) >= 11 is 0. The molecule has 190 valence electrons. The van der Waals surface area contributed by atoms with Crippen LogP contribution in [-0.4, -0.2) is 42.3 Å². The second-order valence-corrected chi connectivity index (χ2v) is 9.70. The SMILES string of the molecule is CCCOc1c([C@@H]2CCCN2CC)cc(OC(=O)OC(C)(C)C)c(C(=O)Oc2ccccc2)c1C. The predicted octanol–water partition coefficient (Wildman–Crippen LogP) is 6.47. The molecule has 0 amide bonds. The molecule has 35 heavy (non-hydrogen) atoms. The molecular formula is C28H37NO6. The zero-order valence-electron chi connectivity index (χ0n) is 21.7. The maximum atomic E-state index is 13.4. The van der Waals surface area contributed by atoms with Gasteiger partial charge in [0.25, 0.3) is 0 Å². The third-order valence-electron chi connectivity index (χ3n) is 5.83. The van der Waals surface area contributed by atoms with E-state index in [1.54, 1.807) is 51.1 Å². The van der Waals surface area contributed by atoms with E-state index in [9.17, 15) is 9.59 Å². The number of para-hydroxylation sites is 1. The van der Waals surface area contributed by atoms with Crippen molar-refractivity contribution < 1.29 is 28.5 Å². The van der Waals surface area contributed by atoms with Gasteiger partial charge in [-0.2, -0.15) is 0 Å². The Morgan fingerprint density at radius 3 is 2.43 bits per heavy atom. The fraction of sp³-hybridized carbons (Fsp3) is 0.500. The Bertz CT molecular complexity index is 1030. The fourth-order valence-corrected chi connectivity index (χ4v) is 4.34. The summed E-state index contributed by atoms with van der Waals surface area (Å²) in [4.78, 5) is 28.4.